The summed E-state index contributed by atoms with van der Waals surface area (Å²) in [5, 5.41) is 2.28. The Labute approximate surface area is 131 Å². The molecule has 4 heteroatoms. The first-order valence-electron chi connectivity index (χ1n) is 7.76. The van der Waals surface area contributed by atoms with Crippen molar-refractivity contribution >= 4 is 22.9 Å². The second-order valence-electron chi connectivity index (χ2n) is 5.96. The van der Waals surface area contributed by atoms with Gasteiger partial charge in [-0.3, -0.25) is 4.90 Å². The number of rotatable bonds is 5. The summed E-state index contributed by atoms with van der Waals surface area (Å²) in [6, 6.07) is 14.3. The summed E-state index contributed by atoms with van der Waals surface area (Å²) in [7, 11) is 1.94. The van der Waals surface area contributed by atoms with Crippen molar-refractivity contribution in [3.63, 3.8) is 0 Å². The van der Waals surface area contributed by atoms with E-state index in [2.05, 4.69) is 29.5 Å². The zero-order chi connectivity index (χ0) is 15.4. The van der Waals surface area contributed by atoms with Gasteiger partial charge >= 0.3 is 6.41 Å². The summed E-state index contributed by atoms with van der Waals surface area (Å²) in [6.45, 7) is 5.03. The summed E-state index contributed by atoms with van der Waals surface area (Å²) in [6.07, 6.45) is 2.26. The Morgan fingerprint density at radius 1 is 1.14 bits per heavy atom. The van der Waals surface area contributed by atoms with Crippen molar-refractivity contribution in [3.05, 3.63) is 42.5 Å². The van der Waals surface area contributed by atoms with E-state index in [1.165, 1.54) is 0 Å². The van der Waals surface area contributed by atoms with Gasteiger partial charge in [-0.15, -0.1) is 0 Å². The van der Waals surface area contributed by atoms with E-state index < -0.39 is 0 Å². The molecule has 1 radical (unpaired) electrons. The minimum Gasteiger partial charge on any atom is -0.379 e. The molecule has 2 aromatic carbocycles. The average Bonchev–Trinajstić information content (AvgIpc) is 2.60. The number of hydrogen-bond donors (Lipinski definition) is 0. The zero-order valence-electron chi connectivity index (χ0n) is 13.0. The molecule has 0 N–H and O–H groups in total. The fraction of sp³-hybridized carbons (Fsp3) is 0.389. The number of benzene rings is 2. The Kier molecular flexibility index (Phi) is 4.52. The number of morpholine rings is 1. The summed E-state index contributed by atoms with van der Waals surface area (Å²) < 4.78 is 5.56. The summed E-state index contributed by atoms with van der Waals surface area (Å²) in [5.74, 6) is 0. The van der Waals surface area contributed by atoms with Crippen molar-refractivity contribution in [1.82, 2.24) is 9.38 Å². The smallest absolute Gasteiger partial charge is 0.379 e. The topological polar surface area (TPSA) is 29.5 Å². The maximum absolute atomic E-state index is 11.7. The molecule has 0 aromatic heterocycles. The first-order valence-corrected chi connectivity index (χ1v) is 7.76. The van der Waals surface area contributed by atoms with Gasteiger partial charge in [0.05, 0.1) is 20.3 Å². The monoisotopic (exact) mass is 298 g/mol. The van der Waals surface area contributed by atoms with E-state index in [-0.39, 0.29) is 4.48 Å². The number of fused-ring (bicyclic) bond motifs is 1. The highest BCUT2D eigenvalue weighted by Gasteiger charge is 2.29. The van der Waals surface area contributed by atoms with Gasteiger partial charge in [-0.05, 0) is 11.5 Å². The average molecular weight is 298 g/mol. The number of likely N-dealkylation sites (N-methyl/N-ethyl adjacent to an activating group) is 1. The number of ether oxygens (including phenoxy) is 1. The van der Waals surface area contributed by atoms with Gasteiger partial charge in [-0.25, -0.2) is 9.28 Å². The molecule has 1 fully saturated rings. The van der Waals surface area contributed by atoms with Crippen LogP contribution in [0.15, 0.2) is 42.5 Å². The van der Waals surface area contributed by atoms with Crippen LogP contribution in [0.2, 0.25) is 0 Å². The molecule has 115 valence electrons. The van der Waals surface area contributed by atoms with Gasteiger partial charge in [0.25, 0.3) is 0 Å². The van der Waals surface area contributed by atoms with Crippen LogP contribution < -0.4 is 4.48 Å². The van der Waals surface area contributed by atoms with Crippen LogP contribution in [-0.2, 0) is 9.53 Å². The van der Waals surface area contributed by atoms with Crippen LogP contribution in [0.3, 0.4) is 0 Å². The van der Waals surface area contributed by atoms with E-state index in [1.807, 2.05) is 31.3 Å². The summed E-state index contributed by atoms with van der Waals surface area (Å²) >= 11 is 0. The van der Waals surface area contributed by atoms with Crippen molar-refractivity contribution in [1.29, 1.82) is 0 Å². The van der Waals surface area contributed by atoms with Gasteiger partial charge in [0.1, 0.15) is 12.2 Å². The number of amides is 1. The molecule has 0 saturated carbocycles. The number of hydrogen-bond acceptors (Lipinski definition) is 3. The third-order valence-electron chi connectivity index (χ3n) is 4.47. The lowest BCUT2D eigenvalue weighted by Gasteiger charge is -2.31. The first-order chi connectivity index (χ1) is 10.7. The third-order valence-corrected chi connectivity index (χ3v) is 4.47. The summed E-state index contributed by atoms with van der Waals surface area (Å²) in [4.78, 5) is 14.1. The summed E-state index contributed by atoms with van der Waals surface area (Å²) in [5.41, 5.74) is 1.02. The van der Waals surface area contributed by atoms with Crippen molar-refractivity contribution in [2.45, 2.75) is 0 Å². The van der Waals surface area contributed by atoms with Crippen LogP contribution >= 0.6 is 0 Å². The molecule has 0 aliphatic carbocycles. The SMILES string of the molecule is C[N+]([C]=O)(CCN1CCOCC1)c1cccc2ccccc12. The van der Waals surface area contributed by atoms with Crippen molar-refractivity contribution in [2.24, 2.45) is 0 Å². The van der Waals surface area contributed by atoms with Gasteiger partial charge in [-0.1, -0.05) is 30.3 Å². The minimum atomic E-state index is 0.179. The Morgan fingerprint density at radius 3 is 2.64 bits per heavy atom. The van der Waals surface area contributed by atoms with Gasteiger partial charge in [0.2, 0.25) is 0 Å². The molecule has 0 bridgehead atoms. The van der Waals surface area contributed by atoms with Crippen LogP contribution in [0.25, 0.3) is 10.8 Å². The lowest BCUT2D eigenvalue weighted by atomic mass is 10.1. The van der Waals surface area contributed by atoms with Gasteiger partial charge in [-0.2, -0.15) is 0 Å². The molecule has 1 unspecified atom stereocenters. The van der Waals surface area contributed by atoms with Crippen molar-refractivity contribution in [2.75, 3.05) is 46.4 Å². The van der Waals surface area contributed by atoms with Crippen LogP contribution in [0, 0.1) is 0 Å². The molecular formula is C18H22N2O2+. The number of nitrogens with zero attached hydrogens (tertiary/aromatic N) is 2. The Hall–Kier alpha value is -1.75. The van der Waals surface area contributed by atoms with Crippen LogP contribution in [-0.4, -0.2) is 57.8 Å². The van der Waals surface area contributed by atoms with Gasteiger partial charge in [0.15, 0.2) is 0 Å². The molecule has 1 saturated heterocycles. The highest BCUT2D eigenvalue weighted by Crippen LogP contribution is 2.29. The molecule has 2 aromatic rings. The maximum atomic E-state index is 11.7. The van der Waals surface area contributed by atoms with Crippen molar-refractivity contribution in [3.8, 4) is 0 Å². The highest BCUT2D eigenvalue weighted by molar-refractivity contribution is 5.96. The van der Waals surface area contributed by atoms with Gasteiger partial charge in [0, 0.05) is 31.1 Å². The zero-order valence-corrected chi connectivity index (χ0v) is 13.0. The van der Waals surface area contributed by atoms with E-state index >= 15 is 0 Å². The fourth-order valence-electron chi connectivity index (χ4n) is 3.02. The lowest BCUT2D eigenvalue weighted by molar-refractivity contribution is 0.0366. The van der Waals surface area contributed by atoms with Crippen LogP contribution in [0.4, 0.5) is 5.69 Å². The second kappa shape index (κ2) is 6.57. The molecule has 1 amide bonds. The van der Waals surface area contributed by atoms with Crippen LogP contribution in [0.1, 0.15) is 0 Å². The van der Waals surface area contributed by atoms with Crippen molar-refractivity contribution < 1.29 is 9.53 Å². The molecule has 0 spiro atoms. The van der Waals surface area contributed by atoms with Gasteiger partial charge < -0.3 is 4.74 Å². The Balaban J connectivity index is 1.85. The predicted molar refractivity (Wildman–Crippen MR) is 89.5 cm³/mol. The standard InChI is InChI=1S/C18H22N2O2/c1-20(15-21,12-9-19-10-13-22-14-11-19)18-8-4-6-16-5-2-3-7-17(16)18/h2-8H,9-14H2,1H3/q+1. The third kappa shape index (κ3) is 3.04. The lowest BCUT2D eigenvalue weighted by Crippen LogP contribution is -2.50. The molecule has 3 rings (SSSR count). The quantitative estimate of drug-likeness (QED) is 0.792. The van der Waals surface area contributed by atoms with E-state index in [1.54, 1.807) is 0 Å². The maximum Gasteiger partial charge on any atom is 0.448 e. The normalized spacial score (nSPS) is 19.0. The Morgan fingerprint density at radius 2 is 1.86 bits per heavy atom. The highest BCUT2D eigenvalue weighted by atomic mass is 16.5. The van der Waals surface area contributed by atoms with E-state index in [0.717, 1.165) is 55.9 Å². The minimum absolute atomic E-state index is 0.179. The molecule has 1 aliphatic rings. The molecule has 1 atom stereocenters. The molecule has 1 aliphatic heterocycles. The molecule has 1 heterocycles. The van der Waals surface area contributed by atoms with Crippen LogP contribution in [0.5, 0.6) is 0 Å². The second-order valence-corrected chi connectivity index (χ2v) is 5.96. The number of carbonyl (C=O) groups excluding carboxylic acids is 1. The molecular weight excluding hydrogens is 276 g/mol. The first kappa shape index (κ1) is 15.2. The van der Waals surface area contributed by atoms with E-state index in [4.69, 9.17) is 4.74 Å². The fourth-order valence-corrected chi connectivity index (χ4v) is 3.02. The van der Waals surface area contributed by atoms with E-state index in [0.29, 0.717) is 0 Å². The van der Waals surface area contributed by atoms with E-state index in [9.17, 15) is 4.79 Å². The predicted octanol–water partition coefficient (Wildman–Crippen LogP) is 2.18. The molecule has 22 heavy (non-hydrogen) atoms. The Bertz CT molecular complexity index is 647. The largest absolute Gasteiger partial charge is 0.448 e. The number of quaternary nitrogens is 1. The molecule has 4 nitrogen and oxygen atoms in total.